The summed E-state index contributed by atoms with van der Waals surface area (Å²) in [5.41, 5.74) is 20.9. The zero-order valence-corrected chi connectivity index (χ0v) is 44.1. The maximum absolute atomic E-state index is 2.67. The second kappa shape index (κ2) is 15.8. The molecule has 74 heavy (non-hydrogen) atoms. The number of allylic oxidation sites excluding steroid dienone is 4. The zero-order chi connectivity index (χ0) is 50.6. The van der Waals surface area contributed by atoms with E-state index in [0.29, 0.717) is 5.92 Å². The van der Waals surface area contributed by atoms with Gasteiger partial charge in [0, 0.05) is 67.2 Å². The Morgan fingerprint density at radius 3 is 1.73 bits per heavy atom. The first-order valence-electron chi connectivity index (χ1n) is 26.9. The van der Waals surface area contributed by atoms with E-state index in [1.165, 1.54) is 93.9 Å². The number of anilines is 8. The lowest BCUT2D eigenvalue weighted by Gasteiger charge is -2.40. The third-order valence-electron chi connectivity index (χ3n) is 17.7. The van der Waals surface area contributed by atoms with Crippen molar-refractivity contribution in [2.75, 3.05) is 14.7 Å². The Labute approximate surface area is 437 Å². The Morgan fingerprint density at radius 2 is 1.07 bits per heavy atom. The molecule has 14 rings (SSSR count). The fraction of sp³-hybridized carbons (Fsp3) is 0.211. The van der Waals surface area contributed by atoms with E-state index in [4.69, 9.17) is 0 Å². The van der Waals surface area contributed by atoms with Gasteiger partial charge in [-0.2, -0.15) is 0 Å². The average Bonchev–Trinajstić information content (AvgIpc) is 3.80. The number of fused-ring (bicyclic) bond motifs is 14. The van der Waals surface area contributed by atoms with E-state index in [2.05, 4.69) is 277 Å². The Morgan fingerprint density at radius 1 is 0.486 bits per heavy atom. The van der Waals surface area contributed by atoms with E-state index in [-0.39, 0.29) is 28.1 Å². The van der Waals surface area contributed by atoms with E-state index >= 15 is 0 Å². The standard InChI is InChI=1S/C71H63N3/c1-43(2)44-30-34-48(35-31-44)72-49-18-14-20-51(40-49)73(61-28-16-26-59-67(61)53-22-10-12-24-57(53)70(59,6)7)63-42-64(56-37-33-46-39-47(69(3,4)5)38-45-32-36-55(63)66(56)65(45)46)74(52-21-15-19-50(72)41-52)62-29-17-27-60-68(62)54-23-11-13-25-58(54)71(60,8)9/h10-43,59,67H,1-9H3. The highest BCUT2D eigenvalue weighted by molar-refractivity contribution is 6.29. The summed E-state index contributed by atoms with van der Waals surface area (Å²) in [6.07, 6.45) is 7.26. The molecule has 362 valence electrons. The van der Waals surface area contributed by atoms with Crippen molar-refractivity contribution in [1.82, 2.24) is 0 Å². The number of rotatable bonds is 4. The summed E-state index contributed by atoms with van der Waals surface area (Å²) in [5, 5.41) is 7.63. The third-order valence-corrected chi connectivity index (χ3v) is 17.7. The van der Waals surface area contributed by atoms with E-state index in [1.54, 1.807) is 0 Å². The van der Waals surface area contributed by atoms with Crippen molar-refractivity contribution < 1.29 is 0 Å². The predicted octanol–water partition coefficient (Wildman–Crippen LogP) is 19.8. The smallest absolute Gasteiger partial charge is 0.0561 e. The van der Waals surface area contributed by atoms with E-state index in [9.17, 15) is 0 Å². The predicted molar refractivity (Wildman–Crippen MR) is 315 cm³/mol. The molecule has 0 saturated heterocycles. The highest BCUT2D eigenvalue weighted by atomic mass is 15.2. The van der Waals surface area contributed by atoms with Crippen molar-refractivity contribution in [3.05, 3.63) is 239 Å². The highest BCUT2D eigenvalue weighted by Gasteiger charge is 2.49. The summed E-state index contributed by atoms with van der Waals surface area (Å²) in [7, 11) is 0. The van der Waals surface area contributed by atoms with Gasteiger partial charge in [-0.25, -0.2) is 0 Å². The molecule has 0 saturated carbocycles. The summed E-state index contributed by atoms with van der Waals surface area (Å²) in [5.74, 6) is 0.813. The van der Waals surface area contributed by atoms with Gasteiger partial charge in [0.1, 0.15) is 0 Å². The van der Waals surface area contributed by atoms with Crippen LogP contribution in [0.5, 0.6) is 0 Å². The minimum Gasteiger partial charge on any atom is -0.313 e. The van der Waals surface area contributed by atoms with Gasteiger partial charge in [-0.05, 0) is 145 Å². The number of hydrogen-bond acceptors (Lipinski definition) is 3. The lowest BCUT2D eigenvalue weighted by molar-refractivity contribution is 0.385. The van der Waals surface area contributed by atoms with Crippen LogP contribution >= 0.6 is 0 Å². The Bertz CT molecular complexity index is 3990. The lowest BCUT2D eigenvalue weighted by atomic mass is 9.73. The average molecular weight is 958 g/mol. The first-order valence-corrected chi connectivity index (χ1v) is 26.9. The van der Waals surface area contributed by atoms with Crippen LogP contribution in [0.25, 0.3) is 43.4 Å². The van der Waals surface area contributed by atoms with Gasteiger partial charge in [-0.3, -0.25) is 0 Å². The van der Waals surface area contributed by atoms with Gasteiger partial charge in [0.05, 0.1) is 17.1 Å². The zero-order valence-electron chi connectivity index (χ0n) is 44.1. The SMILES string of the molecule is CC(C)c1ccc(N2c3cccc(c3)N(C3=CC=CC4C3c3ccccc3C4(C)C)c3cc(c4ccc5cc(C(C)(C)C)cc6ccc3c4c65)N(c3cccc4c3-c3ccccc3C4(C)C)c3cccc2c3)cc1. The second-order valence-electron chi connectivity index (χ2n) is 24.0. The van der Waals surface area contributed by atoms with E-state index in [1.807, 2.05) is 0 Å². The molecule has 3 aliphatic carbocycles. The van der Waals surface area contributed by atoms with Crippen LogP contribution in [0.2, 0.25) is 0 Å². The Hall–Kier alpha value is -7.88. The molecule has 10 aromatic carbocycles. The maximum Gasteiger partial charge on any atom is 0.0561 e. The van der Waals surface area contributed by atoms with Gasteiger partial charge in [0.25, 0.3) is 0 Å². The van der Waals surface area contributed by atoms with E-state index in [0.717, 1.165) is 34.1 Å². The largest absolute Gasteiger partial charge is 0.313 e. The minimum atomic E-state index is -0.184. The van der Waals surface area contributed by atoms with Crippen LogP contribution in [-0.4, -0.2) is 0 Å². The molecule has 0 aromatic heterocycles. The molecule has 6 bridgehead atoms. The molecule has 2 unspecified atom stereocenters. The molecule has 3 heteroatoms. The van der Waals surface area contributed by atoms with Crippen molar-refractivity contribution in [3.63, 3.8) is 0 Å². The summed E-state index contributed by atoms with van der Waals surface area (Å²) >= 11 is 0. The van der Waals surface area contributed by atoms with Crippen LogP contribution < -0.4 is 14.7 Å². The molecule has 1 aliphatic heterocycles. The highest BCUT2D eigenvalue weighted by Crippen LogP contribution is 2.60. The molecule has 2 atom stereocenters. The third kappa shape index (κ3) is 6.38. The van der Waals surface area contributed by atoms with Crippen molar-refractivity contribution in [2.24, 2.45) is 5.92 Å². The molecule has 0 spiro atoms. The normalized spacial score (nSPS) is 18.1. The van der Waals surface area contributed by atoms with Crippen molar-refractivity contribution in [2.45, 2.75) is 90.4 Å². The molecule has 10 aromatic rings. The molecule has 0 N–H and O–H groups in total. The van der Waals surface area contributed by atoms with Crippen LogP contribution in [0.4, 0.5) is 45.5 Å². The molecular weight excluding hydrogens is 895 g/mol. The maximum atomic E-state index is 2.67. The quantitative estimate of drug-likeness (QED) is 0.163. The summed E-state index contributed by atoms with van der Waals surface area (Å²) < 4.78 is 0. The van der Waals surface area contributed by atoms with Gasteiger partial charge in [-0.1, -0.05) is 196 Å². The van der Waals surface area contributed by atoms with Crippen LogP contribution in [0.15, 0.2) is 206 Å². The number of nitrogens with zero attached hydrogens (tertiary/aromatic N) is 3. The van der Waals surface area contributed by atoms with Gasteiger partial charge < -0.3 is 14.7 Å². The fourth-order valence-electron chi connectivity index (χ4n) is 13.9. The summed E-state index contributed by atoms with van der Waals surface area (Å²) in [4.78, 5) is 7.76. The van der Waals surface area contributed by atoms with Gasteiger partial charge >= 0.3 is 0 Å². The second-order valence-corrected chi connectivity index (χ2v) is 24.0. The van der Waals surface area contributed by atoms with Crippen molar-refractivity contribution in [1.29, 1.82) is 0 Å². The van der Waals surface area contributed by atoms with Crippen LogP contribution in [0, 0.1) is 5.92 Å². The lowest BCUT2D eigenvalue weighted by Crippen LogP contribution is -2.31. The molecule has 3 nitrogen and oxygen atoms in total. The molecule has 4 aliphatic rings. The van der Waals surface area contributed by atoms with Crippen molar-refractivity contribution in [3.8, 4) is 11.1 Å². The monoisotopic (exact) mass is 958 g/mol. The summed E-state index contributed by atoms with van der Waals surface area (Å²) in [6, 6.07) is 70.5. The topological polar surface area (TPSA) is 9.72 Å². The van der Waals surface area contributed by atoms with Crippen molar-refractivity contribution >= 4 is 77.8 Å². The fourth-order valence-corrected chi connectivity index (χ4v) is 13.9. The number of hydrogen-bond donors (Lipinski definition) is 0. The summed E-state index contributed by atoms with van der Waals surface area (Å²) in [6.45, 7) is 21.2. The van der Waals surface area contributed by atoms with Crippen LogP contribution in [0.1, 0.15) is 108 Å². The minimum absolute atomic E-state index is 0.0108. The number of benzene rings is 10. The molecule has 0 amide bonds. The molecule has 0 fully saturated rings. The Kier molecular flexibility index (Phi) is 9.57. The van der Waals surface area contributed by atoms with Gasteiger partial charge in [0.15, 0.2) is 0 Å². The van der Waals surface area contributed by atoms with Gasteiger partial charge in [-0.15, -0.1) is 0 Å². The first-order chi connectivity index (χ1) is 35.7. The molecule has 0 radical (unpaired) electrons. The van der Waals surface area contributed by atoms with E-state index < -0.39 is 0 Å². The van der Waals surface area contributed by atoms with Crippen LogP contribution in [0.3, 0.4) is 0 Å². The first kappa shape index (κ1) is 44.8. The Balaban J connectivity index is 1.15. The molecule has 1 heterocycles. The van der Waals surface area contributed by atoms with Gasteiger partial charge in [0.2, 0.25) is 0 Å². The molecular formula is C71H63N3. The van der Waals surface area contributed by atoms with Crippen LogP contribution in [-0.2, 0) is 16.2 Å².